The Morgan fingerprint density at radius 3 is 1.07 bits per heavy atom. The summed E-state index contributed by atoms with van der Waals surface area (Å²) >= 11 is 0. The van der Waals surface area contributed by atoms with Crippen LogP contribution in [0, 0.1) is 11.6 Å². The van der Waals surface area contributed by atoms with E-state index in [0.29, 0.717) is 0 Å². The highest BCUT2D eigenvalue weighted by Crippen LogP contribution is 2.50. The number of carbonyl (C=O) groups excluding carboxylic acids is 6. The molecular formula is C53H56F2O20. The number of fused-ring (bicyclic) bond motifs is 3. The lowest BCUT2D eigenvalue weighted by Crippen LogP contribution is -2.17. The van der Waals surface area contributed by atoms with Gasteiger partial charge in [-0.05, 0) is 82.9 Å². The third kappa shape index (κ3) is 19.0. The summed E-state index contributed by atoms with van der Waals surface area (Å²) in [7, 11) is 0. The van der Waals surface area contributed by atoms with Crippen molar-refractivity contribution in [3.8, 4) is 34.1 Å². The van der Waals surface area contributed by atoms with Crippen molar-refractivity contribution in [3.63, 3.8) is 0 Å². The molecule has 0 amide bonds. The van der Waals surface area contributed by atoms with Crippen molar-refractivity contribution in [3.05, 3.63) is 132 Å². The van der Waals surface area contributed by atoms with Crippen LogP contribution in [-0.2, 0) is 62.4 Å². The van der Waals surface area contributed by atoms with Crippen LogP contribution in [0.1, 0.15) is 45.7 Å². The SMILES string of the molecule is C=CC(=O)OCCOCCOCCOCCOC(=O)Oc1ccc(C(=O)Oc2ccc3c(c2)C(C)(C)c2cc(OC(=O)c4ccc(OC(=O)OCCOCCOCCOCCOC(=O)C=C)c(F)c4)ccc2-3)cc1F. The fourth-order valence-corrected chi connectivity index (χ4v) is 6.79. The van der Waals surface area contributed by atoms with Gasteiger partial charge in [-0.2, -0.15) is 0 Å². The zero-order chi connectivity index (χ0) is 54.0. The maximum absolute atomic E-state index is 15.0. The number of rotatable bonds is 32. The van der Waals surface area contributed by atoms with Crippen LogP contribution in [0.3, 0.4) is 0 Å². The second-order valence-electron chi connectivity index (χ2n) is 15.9. The normalized spacial score (nSPS) is 11.8. The molecule has 4 aromatic carbocycles. The van der Waals surface area contributed by atoms with Gasteiger partial charge in [-0.15, -0.1) is 0 Å². The minimum Gasteiger partial charge on any atom is -0.460 e. The molecule has 0 bridgehead atoms. The third-order valence-corrected chi connectivity index (χ3v) is 10.4. The van der Waals surface area contributed by atoms with Crippen LogP contribution in [0.15, 0.2) is 98.1 Å². The number of benzene rings is 4. The van der Waals surface area contributed by atoms with Crippen LogP contribution >= 0.6 is 0 Å². The van der Waals surface area contributed by atoms with Crippen molar-refractivity contribution >= 4 is 36.2 Å². The first kappa shape index (κ1) is 58.3. The Kier molecular flexibility index (Phi) is 23.8. The van der Waals surface area contributed by atoms with Gasteiger partial charge in [0.05, 0.1) is 90.4 Å². The third-order valence-electron chi connectivity index (χ3n) is 10.4. The molecule has 20 nitrogen and oxygen atoms in total. The van der Waals surface area contributed by atoms with Crippen molar-refractivity contribution in [2.24, 2.45) is 0 Å². The molecule has 0 saturated heterocycles. The zero-order valence-corrected chi connectivity index (χ0v) is 41.2. The van der Waals surface area contributed by atoms with Gasteiger partial charge in [-0.25, -0.2) is 37.5 Å². The molecule has 1 aliphatic rings. The van der Waals surface area contributed by atoms with Crippen molar-refractivity contribution in [2.45, 2.75) is 19.3 Å². The second kappa shape index (κ2) is 30.6. The molecule has 0 atom stereocenters. The molecule has 1 aliphatic carbocycles. The highest BCUT2D eigenvalue weighted by molar-refractivity contribution is 5.93. The first-order valence-electron chi connectivity index (χ1n) is 23.3. The Labute approximate surface area is 430 Å². The fourth-order valence-electron chi connectivity index (χ4n) is 6.79. The van der Waals surface area contributed by atoms with Gasteiger partial charge in [0.15, 0.2) is 23.1 Å². The quantitative estimate of drug-likeness (QED) is 0.0117. The van der Waals surface area contributed by atoms with Crippen LogP contribution in [0.25, 0.3) is 11.1 Å². The molecule has 0 N–H and O–H groups in total. The minimum atomic E-state index is -1.19. The molecule has 5 rings (SSSR count). The summed E-state index contributed by atoms with van der Waals surface area (Å²) in [4.78, 5) is 72.5. The van der Waals surface area contributed by atoms with E-state index in [4.69, 9.17) is 66.3 Å². The van der Waals surface area contributed by atoms with Crippen LogP contribution < -0.4 is 18.9 Å². The van der Waals surface area contributed by atoms with Gasteiger partial charge in [0.2, 0.25) is 0 Å². The monoisotopic (exact) mass is 1050 g/mol. The first-order chi connectivity index (χ1) is 36.2. The van der Waals surface area contributed by atoms with E-state index in [1.54, 1.807) is 36.4 Å². The maximum atomic E-state index is 15.0. The highest BCUT2D eigenvalue weighted by atomic mass is 19.1. The lowest BCUT2D eigenvalue weighted by Gasteiger charge is -2.22. The van der Waals surface area contributed by atoms with E-state index in [0.717, 1.165) is 58.7 Å². The molecule has 0 unspecified atom stereocenters. The molecule has 0 saturated carbocycles. The number of ether oxygens (including phenoxy) is 14. The molecule has 0 heterocycles. The number of hydrogen-bond acceptors (Lipinski definition) is 20. The van der Waals surface area contributed by atoms with Crippen molar-refractivity contribution in [2.75, 3.05) is 106 Å². The number of halogens is 2. The van der Waals surface area contributed by atoms with Gasteiger partial charge in [0.25, 0.3) is 0 Å². The molecule has 0 aromatic heterocycles. The van der Waals surface area contributed by atoms with Crippen LogP contribution in [0.4, 0.5) is 18.4 Å². The van der Waals surface area contributed by atoms with Gasteiger partial charge >= 0.3 is 36.2 Å². The van der Waals surface area contributed by atoms with Crippen molar-refractivity contribution < 1.29 is 104 Å². The first-order valence-corrected chi connectivity index (χ1v) is 23.3. The van der Waals surface area contributed by atoms with Gasteiger partial charge in [-0.3, -0.25) is 0 Å². The van der Waals surface area contributed by atoms with E-state index in [9.17, 15) is 37.5 Å². The maximum Gasteiger partial charge on any atom is 0.514 e. The summed E-state index contributed by atoms with van der Waals surface area (Å²) in [5.41, 5.74) is 2.18. The van der Waals surface area contributed by atoms with Gasteiger partial charge in [0.1, 0.15) is 37.9 Å². The Morgan fingerprint density at radius 2 is 0.747 bits per heavy atom. The molecule has 402 valence electrons. The van der Waals surface area contributed by atoms with E-state index in [1.165, 1.54) is 12.1 Å². The number of carbonyl (C=O) groups is 6. The molecule has 4 aromatic rings. The highest BCUT2D eigenvalue weighted by Gasteiger charge is 2.36. The fraction of sp³-hybridized carbons (Fsp3) is 0.358. The van der Waals surface area contributed by atoms with E-state index in [-0.39, 0.29) is 128 Å². The van der Waals surface area contributed by atoms with E-state index in [2.05, 4.69) is 13.2 Å². The van der Waals surface area contributed by atoms with Crippen LogP contribution in [0.5, 0.6) is 23.0 Å². The summed E-state index contributed by atoms with van der Waals surface area (Å²) in [6.45, 7) is 12.7. The molecular weight excluding hydrogens is 995 g/mol. The Balaban J connectivity index is 0.999. The van der Waals surface area contributed by atoms with Crippen LogP contribution in [-0.4, -0.2) is 142 Å². The lowest BCUT2D eigenvalue weighted by atomic mass is 9.82. The molecule has 0 aliphatic heterocycles. The largest absolute Gasteiger partial charge is 0.514 e. The lowest BCUT2D eigenvalue weighted by molar-refractivity contribution is -0.140. The van der Waals surface area contributed by atoms with Crippen molar-refractivity contribution in [1.82, 2.24) is 0 Å². The van der Waals surface area contributed by atoms with E-state index >= 15 is 0 Å². The van der Waals surface area contributed by atoms with Gasteiger partial charge in [-0.1, -0.05) is 39.1 Å². The van der Waals surface area contributed by atoms with Crippen LogP contribution in [0.2, 0.25) is 0 Å². The summed E-state index contributed by atoms with van der Waals surface area (Å²) in [5, 5.41) is 0. The van der Waals surface area contributed by atoms with E-state index < -0.39 is 64.7 Å². The standard InChI is InChI=1S/C53H56F2O20/c1-5-47(56)68-27-23-64-19-15-62-17-21-66-25-29-70-51(60)74-45-13-7-35(31-43(45)54)49(58)72-37-9-11-39-40-12-10-38(34-42(40)53(3,4)41(39)33-37)73-50(59)36-8-14-46(44(55)32-36)75-52(61)71-30-26-67-22-18-63-16-20-65-24-28-69-48(57)6-2/h5-14,31-34H,1-2,15-30H2,3-4H3. The van der Waals surface area contributed by atoms with Crippen molar-refractivity contribution in [1.29, 1.82) is 0 Å². The Hall–Kier alpha value is -7.60. The Morgan fingerprint density at radius 1 is 0.427 bits per heavy atom. The summed E-state index contributed by atoms with van der Waals surface area (Å²) in [6, 6.07) is 16.4. The van der Waals surface area contributed by atoms with E-state index in [1.807, 2.05) is 13.8 Å². The molecule has 0 spiro atoms. The molecule has 22 heteroatoms. The number of hydrogen-bond donors (Lipinski definition) is 0. The molecule has 0 radical (unpaired) electrons. The predicted molar refractivity (Wildman–Crippen MR) is 258 cm³/mol. The number of esters is 4. The zero-order valence-electron chi connectivity index (χ0n) is 41.2. The molecule has 75 heavy (non-hydrogen) atoms. The second-order valence-corrected chi connectivity index (χ2v) is 15.9. The minimum absolute atomic E-state index is 0.0144. The van der Waals surface area contributed by atoms with Gasteiger partial charge < -0.3 is 66.3 Å². The smallest absolute Gasteiger partial charge is 0.460 e. The Bertz CT molecular complexity index is 2440. The average Bonchev–Trinajstić information content (AvgIpc) is 3.62. The summed E-state index contributed by atoms with van der Waals surface area (Å²) < 4.78 is 102. The average molecular weight is 1050 g/mol. The predicted octanol–water partition coefficient (Wildman–Crippen LogP) is 7.30. The molecule has 0 fully saturated rings. The van der Waals surface area contributed by atoms with Gasteiger partial charge in [0, 0.05) is 17.6 Å². The summed E-state index contributed by atoms with van der Waals surface area (Å²) in [5.74, 6) is -5.50. The summed E-state index contributed by atoms with van der Waals surface area (Å²) in [6.07, 6.45) is -0.262. The topological polar surface area (TPSA) is 232 Å².